The van der Waals surface area contributed by atoms with Gasteiger partial charge in [-0.2, -0.15) is 0 Å². The van der Waals surface area contributed by atoms with Crippen molar-refractivity contribution in [1.29, 1.82) is 0 Å². The van der Waals surface area contributed by atoms with Crippen LogP contribution in [0.2, 0.25) is 0 Å². The molecule has 1 aliphatic heterocycles. The van der Waals surface area contributed by atoms with Gasteiger partial charge in [0.05, 0.1) is 24.6 Å². The van der Waals surface area contributed by atoms with Gasteiger partial charge in [0.1, 0.15) is 36.8 Å². The Hall–Kier alpha value is -4.08. The highest BCUT2D eigenvalue weighted by atomic mass is 16.5. The molecule has 0 saturated heterocycles. The number of amides is 4. The van der Waals surface area contributed by atoms with E-state index in [1.165, 1.54) is 4.90 Å². The average molecular weight is 623 g/mol. The summed E-state index contributed by atoms with van der Waals surface area (Å²) in [6.07, 6.45) is 0.802. The molecular weight excluding hydrogens is 572 g/mol. The Bertz CT molecular complexity index is 1340. The highest BCUT2D eigenvalue weighted by Crippen LogP contribution is 2.23. The molecule has 1 heterocycles. The number of carbonyl (C=O) groups is 4. The van der Waals surface area contributed by atoms with Gasteiger partial charge >= 0.3 is 0 Å². The third-order valence-corrected chi connectivity index (χ3v) is 8.03. The van der Waals surface area contributed by atoms with Crippen LogP contribution in [-0.4, -0.2) is 85.4 Å². The quantitative estimate of drug-likeness (QED) is 0.407. The van der Waals surface area contributed by atoms with Gasteiger partial charge in [-0.3, -0.25) is 19.2 Å². The van der Waals surface area contributed by atoms with E-state index in [0.29, 0.717) is 18.6 Å². The van der Waals surface area contributed by atoms with E-state index >= 15 is 0 Å². The van der Waals surface area contributed by atoms with Gasteiger partial charge in [0.25, 0.3) is 5.91 Å². The van der Waals surface area contributed by atoms with Crippen LogP contribution < -0.4 is 20.1 Å². The molecule has 45 heavy (non-hydrogen) atoms. The molecule has 0 fully saturated rings. The van der Waals surface area contributed by atoms with Crippen LogP contribution in [-0.2, 0) is 14.4 Å². The number of nitrogens with zero attached hydrogens (tertiary/aromatic N) is 2. The summed E-state index contributed by atoms with van der Waals surface area (Å²) in [5.41, 5.74) is 2.35. The van der Waals surface area contributed by atoms with Crippen molar-refractivity contribution in [2.75, 3.05) is 33.9 Å². The maximum absolute atomic E-state index is 14.0. The molecule has 1 aliphatic rings. The smallest absolute Gasteiger partial charge is 0.255 e. The first-order chi connectivity index (χ1) is 21.3. The summed E-state index contributed by atoms with van der Waals surface area (Å²) in [7, 11) is 3.33. The zero-order valence-electron chi connectivity index (χ0n) is 28.0. The highest BCUT2D eigenvalue weighted by Gasteiger charge is 2.36. The van der Waals surface area contributed by atoms with Crippen LogP contribution in [0, 0.1) is 25.7 Å². The van der Waals surface area contributed by atoms with Crippen LogP contribution in [0.15, 0.2) is 42.5 Å². The summed E-state index contributed by atoms with van der Waals surface area (Å²) in [4.78, 5) is 57.8. The SMILES string of the molecule is Cc1ccc(OCCNC(=O)[C@@H]2CC(=O)N(C)[C@@H](CC(C)C)C(=O)N(C)[C@H](CC(C)C)COc3ccccc3C(=O)N2)c(C)c1. The molecular formula is C35H50N4O6. The molecule has 2 aromatic carbocycles. The summed E-state index contributed by atoms with van der Waals surface area (Å²) in [6, 6.07) is 10.4. The Kier molecular flexibility index (Phi) is 12.8. The van der Waals surface area contributed by atoms with Gasteiger partial charge in [-0.05, 0) is 62.3 Å². The minimum Gasteiger partial charge on any atom is -0.491 e. The van der Waals surface area contributed by atoms with Crippen molar-refractivity contribution < 1.29 is 28.7 Å². The zero-order valence-corrected chi connectivity index (χ0v) is 28.0. The first-order valence-electron chi connectivity index (χ1n) is 15.8. The molecule has 0 aliphatic carbocycles. The van der Waals surface area contributed by atoms with Crippen LogP contribution in [0.25, 0.3) is 0 Å². The molecule has 10 heteroatoms. The van der Waals surface area contributed by atoms with E-state index in [9.17, 15) is 19.2 Å². The normalized spacial score (nSPS) is 20.0. The van der Waals surface area contributed by atoms with Gasteiger partial charge in [-0.1, -0.05) is 57.5 Å². The van der Waals surface area contributed by atoms with Crippen molar-refractivity contribution in [2.45, 2.75) is 78.9 Å². The van der Waals surface area contributed by atoms with Gasteiger partial charge < -0.3 is 29.9 Å². The first-order valence-corrected chi connectivity index (χ1v) is 15.8. The third kappa shape index (κ3) is 9.96. The van der Waals surface area contributed by atoms with E-state index in [1.807, 2.05) is 45.9 Å². The Morgan fingerprint density at radius 2 is 1.69 bits per heavy atom. The number of carbonyl (C=O) groups excluding carboxylic acids is 4. The molecule has 2 N–H and O–H groups in total. The van der Waals surface area contributed by atoms with E-state index in [2.05, 4.69) is 24.5 Å². The maximum atomic E-state index is 14.0. The molecule has 3 atom stereocenters. The van der Waals surface area contributed by atoms with Crippen molar-refractivity contribution in [2.24, 2.45) is 11.8 Å². The molecule has 0 bridgehead atoms. The van der Waals surface area contributed by atoms with E-state index in [-0.39, 0.29) is 55.5 Å². The molecule has 0 radical (unpaired) electrons. The lowest BCUT2D eigenvalue weighted by molar-refractivity contribution is -0.147. The standard InChI is InChI=1S/C35H50N4O6/c1-22(2)17-26-21-45-31-12-10-9-11-27(31)33(41)37-28(20-32(40)39(8)29(18-23(3)4)35(43)38(26)7)34(42)36-15-16-44-30-14-13-24(5)19-25(30)6/h9-14,19,22-23,26,28-29H,15-18,20-21H2,1-8H3,(H,36,42)(H,37,41)/t26-,28+,29+/m1/s1. The van der Waals surface area contributed by atoms with E-state index in [0.717, 1.165) is 16.9 Å². The molecule has 246 valence electrons. The fraction of sp³-hybridized carbons (Fsp3) is 0.543. The van der Waals surface area contributed by atoms with Crippen molar-refractivity contribution >= 4 is 23.6 Å². The second-order valence-corrected chi connectivity index (χ2v) is 12.8. The van der Waals surface area contributed by atoms with Crippen molar-refractivity contribution in [3.63, 3.8) is 0 Å². The Labute approximate surface area is 267 Å². The molecule has 0 aromatic heterocycles. The fourth-order valence-corrected chi connectivity index (χ4v) is 5.49. The van der Waals surface area contributed by atoms with Gasteiger partial charge in [0.2, 0.25) is 17.7 Å². The third-order valence-electron chi connectivity index (χ3n) is 8.03. The Morgan fingerprint density at radius 3 is 2.36 bits per heavy atom. The summed E-state index contributed by atoms with van der Waals surface area (Å²) >= 11 is 0. The zero-order chi connectivity index (χ0) is 33.3. The average Bonchev–Trinajstić information content (AvgIpc) is 2.98. The number of likely N-dealkylation sites (N-methyl/N-ethyl adjacent to an activating group) is 2. The highest BCUT2D eigenvalue weighted by molar-refractivity contribution is 6.01. The minimum absolute atomic E-state index is 0.129. The van der Waals surface area contributed by atoms with Crippen LogP contribution in [0.5, 0.6) is 11.5 Å². The topological polar surface area (TPSA) is 117 Å². The molecule has 10 nitrogen and oxygen atoms in total. The minimum atomic E-state index is -1.19. The van der Waals surface area contributed by atoms with Gasteiger partial charge in [-0.15, -0.1) is 0 Å². The molecule has 0 saturated carbocycles. The number of rotatable bonds is 9. The number of fused-ring (bicyclic) bond motifs is 1. The van der Waals surface area contributed by atoms with Gasteiger partial charge in [0.15, 0.2) is 0 Å². The lowest BCUT2D eigenvalue weighted by Crippen LogP contribution is -2.55. The van der Waals surface area contributed by atoms with Crippen molar-refractivity contribution in [1.82, 2.24) is 20.4 Å². The first kappa shape index (κ1) is 35.4. The van der Waals surface area contributed by atoms with Gasteiger partial charge in [0, 0.05) is 14.1 Å². The van der Waals surface area contributed by atoms with Gasteiger partial charge in [-0.25, -0.2) is 0 Å². The van der Waals surface area contributed by atoms with Crippen LogP contribution >= 0.6 is 0 Å². The summed E-state index contributed by atoms with van der Waals surface area (Å²) < 4.78 is 12.0. The number of aryl methyl sites for hydroxylation is 2. The van der Waals surface area contributed by atoms with Crippen molar-refractivity contribution in [3.05, 3.63) is 59.2 Å². The molecule has 3 rings (SSSR count). The van der Waals surface area contributed by atoms with E-state index in [1.54, 1.807) is 43.3 Å². The number of nitrogens with one attached hydrogen (secondary N) is 2. The fourth-order valence-electron chi connectivity index (χ4n) is 5.49. The predicted octanol–water partition coefficient (Wildman–Crippen LogP) is 4.13. The van der Waals surface area contributed by atoms with Crippen LogP contribution in [0.1, 0.15) is 68.4 Å². The molecule has 2 aromatic rings. The molecule has 4 amide bonds. The van der Waals surface area contributed by atoms with Crippen molar-refractivity contribution in [3.8, 4) is 11.5 Å². The number of hydrogen-bond donors (Lipinski definition) is 2. The second kappa shape index (κ2) is 16.3. The lowest BCUT2D eigenvalue weighted by atomic mass is 9.98. The summed E-state index contributed by atoms with van der Waals surface area (Å²) in [6.45, 7) is 12.6. The largest absolute Gasteiger partial charge is 0.491 e. The number of para-hydroxylation sites is 1. The lowest BCUT2D eigenvalue weighted by Gasteiger charge is -2.37. The summed E-state index contributed by atoms with van der Waals surface area (Å²) in [5, 5.41) is 5.55. The maximum Gasteiger partial charge on any atom is 0.255 e. The molecule has 0 unspecified atom stereocenters. The predicted molar refractivity (Wildman–Crippen MR) is 174 cm³/mol. The summed E-state index contributed by atoms with van der Waals surface area (Å²) in [5.74, 6) is -0.206. The Balaban J connectivity index is 1.89. The monoisotopic (exact) mass is 622 g/mol. The number of hydrogen-bond acceptors (Lipinski definition) is 6. The van der Waals surface area contributed by atoms with Crippen LogP contribution in [0.4, 0.5) is 0 Å². The van der Waals surface area contributed by atoms with E-state index < -0.39 is 29.8 Å². The number of ether oxygens (including phenoxy) is 2. The Morgan fingerprint density at radius 1 is 1.00 bits per heavy atom. The second-order valence-electron chi connectivity index (χ2n) is 12.8. The molecule has 0 spiro atoms. The van der Waals surface area contributed by atoms with Crippen LogP contribution in [0.3, 0.4) is 0 Å². The number of benzene rings is 2. The van der Waals surface area contributed by atoms with E-state index in [4.69, 9.17) is 9.47 Å².